The number of amides is 3. The zero-order chi connectivity index (χ0) is 20.2. The third-order valence-corrected chi connectivity index (χ3v) is 5.03. The first kappa shape index (κ1) is 18.5. The molecule has 0 saturated heterocycles. The highest BCUT2D eigenvalue weighted by Gasteiger charge is 2.14. The summed E-state index contributed by atoms with van der Waals surface area (Å²) in [6, 6.07) is 21.0. The number of hydrogen-bond donors (Lipinski definition) is 4. The molecule has 3 amide bonds. The number of para-hydroxylation sites is 1. The van der Waals surface area contributed by atoms with E-state index in [9.17, 15) is 9.59 Å². The maximum Gasteiger partial charge on any atom is 0.323 e. The first-order valence-corrected chi connectivity index (χ1v) is 9.56. The van der Waals surface area contributed by atoms with Crippen molar-refractivity contribution in [1.82, 2.24) is 4.37 Å². The lowest BCUT2D eigenvalue weighted by atomic mass is 10.1. The maximum absolute atomic E-state index is 12.7. The molecular formula is C21H17N5O2S. The summed E-state index contributed by atoms with van der Waals surface area (Å²) in [5.74, 6) is 0.0738. The lowest BCUT2D eigenvalue weighted by Gasteiger charge is -2.10. The molecule has 7 nitrogen and oxygen atoms in total. The lowest BCUT2D eigenvalue weighted by Crippen LogP contribution is -2.19. The van der Waals surface area contributed by atoms with Crippen LogP contribution in [0.4, 0.5) is 27.7 Å². The number of aromatic nitrogens is 1. The minimum Gasteiger partial charge on any atom is -0.382 e. The van der Waals surface area contributed by atoms with Crippen LogP contribution in [0.2, 0.25) is 0 Å². The first-order chi connectivity index (χ1) is 14.1. The molecule has 1 aromatic heterocycles. The van der Waals surface area contributed by atoms with Gasteiger partial charge in [-0.1, -0.05) is 24.3 Å². The second-order valence-electron chi connectivity index (χ2n) is 6.22. The first-order valence-electron chi connectivity index (χ1n) is 8.78. The van der Waals surface area contributed by atoms with Gasteiger partial charge in [-0.15, -0.1) is 0 Å². The van der Waals surface area contributed by atoms with Crippen LogP contribution in [0.5, 0.6) is 0 Å². The summed E-state index contributed by atoms with van der Waals surface area (Å²) in [5.41, 5.74) is 8.27. The number of urea groups is 1. The quantitative estimate of drug-likeness (QED) is 0.393. The van der Waals surface area contributed by atoms with Gasteiger partial charge in [0.1, 0.15) is 5.82 Å². The van der Waals surface area contributed by atoms with Crippen molar-refractivity contribution < 1.29 is 9.59 Å². The van der Waals surface area contributed by atoms with Crippen molar-refractivity contribution in [1.29, 1.82) is 0 Å². The predicted molar refractivity (Wildman–Crippen MR) is 118 cm³/mol. The van der Waals surface area contributed by atoms with Crippen molar-refractivity contribution in [3.63, 3.8) is 0 Å². The number of anilines is 4. The largest absolute Gasteiger partial charge is 0.382 e. The average Bonchev–Trinajstić information content (AvgIpc) is 3.11. The number of carbonyl (C=O) groups is 2. The number of nitrogens with zero attached hydrogens (tertiary/aromatic N) is 1. The molecule has 0 radical (unpaired) electrons. The minimum absolute atomic E-state index is 0.273. The van der Waals surface area contributed by atoms with Gasteiger partial charge in [0.05, 0.1) is 10.3 Å². The standard InChI is InChI=1S/C21H17N5O2S/c22-19-18-16(7-4-8-17(18)29-26-19)20(27)23-14-9-11-15(12-10-14)25-21(28)24-13-5-2-1-3-6-13/h1-12H,(H2,22,26)(H,23,27)(H2,24,25,28). The summed E-state index contributed by atoms with van der Waals surface area (Å²) in [6.45, 7) is 0. The predicted octanol–water partition coefficient (Wildman–Crippen LogP) is 4.77. The lowest BCUT2D eigenvalue weighted by molar-refractivity contribution is 0.102. The van der Waals surface area contributed by atoms with Gasteiger partial charge in [-0.05, 0) is 60.1 Å². The van der Waals surface area contributed by atoms with Crippen molar-refractivity contribution in [2.75, 3.05) is 21.7 Å². The van der Waals surface area contributed by atoms with E-state index in [1.54, 1.807) is 48.5 Å². The molecule has 4 aromatic rings. The number of fused-ring (bicyclic) bond motifs is 1. The summed E-state index contributed by atoms with van der Waals surface area (Å²) >= 11 is 1.26. The summed E-state index contributed by atoms with van der Waals surface area (Å²) in [7, 11) is 0. The van der Waals surface area contributed by atoms with Crippen molar-refractivity contribution >= 4 is 56.4 Å². The van der Waals surface area contributed by atoms with E-state index in [4.69, 9.17) is 5.73 Å². The molecule has 3 aromatic carbocycles. The molecule has 1 heterocycles. The zero-order valence-corrected chi connectivity index (χ0v) is 16.0. The molecule has 144 valence electrons. The SMILES string of the molecule is Nc1nsc2cccc(C(=O)Nc3ccc(NC(=O)Nc4ccccc4)cc3)c12. The van der Waals surface area contributed by atoms with E-state index in [-0.39, 0.29) is 11.9 Å². The Kier molecular flexibility index (Phi) is 5.08. The highest BCUT2D eigenvalue weighted by molar-refractivity contribution is 7.13. The van der Waals surface area contributed by atoms with Crippen LogP contribution in [0.15, 0.2) is 72.8 Å². The number of nitrogen functional groups attached to an aromatic ring is 1. The van der Waals surface area contributed by atoms with Crippen LogP contribution in [-0.4, -0.2) is 16.3 Å². The smallest absolute Gasteiger partial charge is 0.323 e. The fourth-order valence-electron chi connectivity index (χ4n) is 2.85. The van der Waals surface area contributed by atoms with Crippen LogP contribution >= 0.6 is 11.5 Å². The highest BCUT2D eigenvalue weighted by atomic mass is 32.1. The topological polar surface area (TPSA) is 109 Å². The molecule has 29 heavy (non-hydrogen) atoms. The van der Waals surface area contributed by atoms with Crippen LogP contribution in [0.3, 0.4) is 0 Å². The number of nitrogens with two attached hydrogens (primary N) is 1. The van der Waals surface area contributed by atoms with Gasteiger partial charge in [-0.3, -0.25) is 4.79 Å². The summed E-state index contributed by atoms with van der Waals surface area (Å²) < 4.78 is 4.97. The molecule has 0 aliphatic heterocycles. The van der Waals surface area contributed by atoms with Crippen LogP contribution < -0.4 is 21.7 Å². The molecule has 0 aliphatic carbocycles. The Labute approximate surface area is 170 Å². The Balaban J connectivity index is 1.42. The molecule has 4 rings (SSSR count). The number of carbonyl (C=O) groups excluding carboxylic acids is 2. The fraction of sp³-hybridized carbons (Fsp3) is 0. The third kappa shape index (κ3) is 4.17. The highest BCUT2D eigenvalue weighted by Crippen LogP contribution is 2.28. The average molecular weight is 403 g/mol. The molecule has 0 aliphatic rings. The third-order valence-electron chi connectivity index (χ3n) is 4.20. The van der Waals surface area contributed by atoms with Crippen molar-refractivity contribution in [3.05, 3.63) is 78.4 Å². The Bertz CT molecular complexity index is 1170. The van der Waals surface area contributed by atoms with Gasteiger partial charge >= 0.3 is 6.03 Å². The number of hydrogen-bond acceptors (Lipinski definition) is 5. The normalized spacial score (nSPS) is 10.5. The van der Waals surface area contributed by atoms with E-state index in [0.29, 0.717) is 33.8 Å². The van der Waals surface area contributed by atoms with Gasteiger partial charge in [-0.25, -0.2) is 4.79 Å². The second-order valence-corrected chi connectivity index (χ2v) is 7.03. The Morgan fingerprint density at radius 1 is 0.759 bits per heavy atom. The molecule has 0 bridgehead atoms. The summed E-state index contributed by atoms with van der Waals surface area (Å²) in [5, 5.41) is 8.99. The van der Waals surface area contributed by atoms with Crippen LogP contribution in [0, 0.1) is 0 Å². The molecule has 5 N–H and O–H groups in total. The second kappa shape index (κ2) is 7.99. The molecule has 0 unspecified atom stereocenters. The fourth-order valence-corrected chi connectivity index (χ4v) is 3.59. The van der Waals surface area contributed by atoms with Crippen molar-refractivity contribution in [2.24, 2.45) is 0 Å². The van der Waals surface area contributed by atoms with Crippen molar-refractivity contribution in [2.45, 2.75) is 0 Å². The van der Waals surface area contributed by atoms with E-state index in [2.05, 4.69) is 20.3 Å². The van der Waals surface area contributed by atoms with Gasteiger partial charge in [0.2, 0.25) is 0 Å². The van der Waals surface area contributed by atoms with Gasteiger partial charge in [0, 0.05) is 22.4 Å². The minimum atomic E-state index is -0.347. The van der Waals surface area contributed by atoms with Gasteiger partial charge in [0.25, 0.3) is 5.91 Å². The molecule has 0 atom stereocenters. The summed E-state index contributed by atoms with van der Waals surface area (Å²) in [4.78, 5) is 24.7. The van der Waals surface area contributed by atoms with Gasteiger partial charge in [-0.2, -0.15) is 4.37 Å². The summed E-state index contributed by atoms with van der Waals surface area (Å²) in [6.07, 6.45) is 0. The molecule has 0 spiro atoms. The molecule has 0 saturated carbocycles. The molecule has 8 heteroatoms. The molecular weight excluding hydrogens is 386 g/mol. The van der Waals surface area contributed by atoms with E-state index in [1.807, 2.05) is 24.3 Å². The monoisotopic (exact) mass is 403 g/mol. The number of benzene rings is 3. The number of rotatable bonds is 4. The maximum atomic E-state index is 12.7. The van der Waals surface area contributed by atoms with Gasteiger partial charge in [0.15, 0.2) is 0 Å². The number of nitrogens with one attached hydrogen (secondary N) is 3. The van der Waals surface area contributed by atoms with Crippen LogP contribution in [0.1, 0.15) is 10.4 Å². The van der Waals surface area contributed by atoms with Crippen molar-refractivity contribution in [3.8, 4) is 0 Å². The van der Waals surface area contributed by atoms with E-state index in [1.165, 1.54) is 11.5 Å². The van der Waals surface area contributed by atoms with Crippen LogP contribution in [0.25, 0.3) is 10.1 Å². The van der Waals surface area contributed by atoms with Crippen LogP contribution in [-0.2, 0) is 0 Å². The Hall–Kier alpha value is -3.91. The van der Waals surface area contributed by atoms with E-state index < -0.39 is 0 Å². The Morgan fingerprint density at radius 2 is 1.38 bits per heavy atom. The zero-order valence-electron chi connectivity index (χ0n) is 15.2. The van der Waals surface area contributed by atoms with Gasteiger partial charge < -0.3 is 21.7 Å². The van der Waals surface area contributed by atoms with E-state index in [0.717, 1.165) is 4.70 Å². The Morgan fingerprint density at radius 3 is 2.07 bits per heavy atom. The van der Waals surface area contributed by atoms with E-state index >= 15 is 0 Å². The molecule has 0 fully saturated rings.